The van der Waals surface area contributed by atoms with Crippen LogP contribution < -0.4 is 10.1 Å². The molecule has 0 atom stereocenters. The van der Waals surface area contributed by atoms with E-state index in [0.29, 0.717) is 13.0 Å². The summed E-state index contributed by atoms with van der Waals surface area (Å²) in [6, 6.07) is 13.7. The number of nitrogens with one attached hydrogen (secondary N) is 1. The van der Waals surface area contributed by atoms with Gasteiger partial charge in [0.05, 0.1) is 6.61 Å². The Bertz CT molecular complexity index is 779. The lowest BCUT2D eigenvalue weighted by Gasteiger charge is -2.14. The number of aryl methyl sites for hydroxylation is 3. The number of rotatable bonds is 10. The first-order valence-electron chi connectivity index (χ1n) is 9.79. The van der Waals surface area contributed by atoms with E-state index in [1.807, 2.05) is 63.2 Å². The summed E-state index contributed by atoms with van der Waals surface area (Å²) in [5.41, 5.74) is 4.11. The van der Waals surface area contributed by atoms with E-state index in [9.17, 15) is 9.59 Å². The third-order valence-corrected chi connectivity index (χ3v) is 4.41. The van der Waals surface area contributed by atoms with E-state index in [1.54, 1.807) is 0 Å². The molecule has 0 aromatic heterocycles. The molecule has 1 amide bonds. The summed E-state index contributed by atoms with van der Waals surface area (Å²) in [5, 5.41) is 2.89. The summed E-state index contributed by atoms with van der Waals surface area (Å²) in [4.78, 5) is 24.0. The van der Waals surface area contributed by atoms with Crippen LogP contribution in [0.4, 0.5) is 5.69 Å². The number of esters is 1. The van der Waals surface area contributed by atoms with Crippen molar-refractivity contribution in [1.29, 1.82) is 0 Å². The molecule has 0 aliphatic rings. The Morgan fingerprint density at radius 2 is 1.68 bits per heavy atom. The predicted octanol–water partition coefficient (Wildman–Crippen LogP) is 4.46. The molecular weight excluding hydrogens is 354 g/mol. The molecule has 2 rings (SSSR count). The lowest BCUT2D eigenvalue weighted by atomic mass is 10.0. The number of carbonyl (C=O) groups excluding carboxylic acids is 2. The molecule has 2 aromatic carbocycles. The van der Waals surface area contributed by atoms with Gasteiger partial charge >= 0.3 is 5.97 Å². The second kappa shape index (κ2) is 11.1. The smallest absolute Gasteiger partial charge is 0.306 e. The number of anilines is 1. The molecule has 2 aromatic rings. The normalized spacial score (nSPS) is 10.4. The van der Waals surface area contributed by atoms with Crippen molar-refractivity contribution in [3.05, 3.63) is 59.2 Å². The molecule has 0 fully saturated rings. The van der Waals surface area contributed by atoms with Gasteiger partial charge in [0, 0.05) is 12.1 Å². The van der Waals surface area contributed by atoms with E-state index in [1.165, 1.54) is 0 Å². The molecule has 0 spiro atoms. The average molecular weight is 383 g/mol. The molecule has 28 heavy (non-hydrogen) atoms. The Morgan fingerprint density at radius 1 is 1.00 bits per heavy atom. The average Bonchev–Trinajstić information content (AvgIpc) is 2.70. The van der Waals surface area contributed by atoms with Crippen LogP contribution in [0.5, 0.6) is 5.75 Å². The van der Waals surface area contributed by atoms with Gasteiger partial charge < -0.3 is 14.8 Å². The van der Waals surface area contributed by atoms with Crippen molar-refractivity contribution in [3.8, 4) is 5.75 Å². The zero-order chi connectivity index (χ0) is 20.4. The Labute approximate surface area is 167 Å². The zero-order valence-corrected chi connectivity index (χ0v) is 16.9. The van der Waals surface area contributed by atoms with E-state index >= 15 is 0 Å². The molecule has 0 bridgehead atoms. The van der Waals surface area contributed by atoms with E-state index in [2.05, 4.69) is 5.32 Å². The van der Waals surface area contributed by atoms with Crippen LogP contribution in [-0.2, 0) is 27.2 Å². The predicted molar refractivity (Wildman–Crippen MR) is 111 cm³/mol. The molecular formula is C23H29NO4. The van der Waals surface area contributed by atoms with Gasteiger partial charge in [-0.3, -0.25) is 9.59 Å². The molecule has 150 valence electrons. The van der Waals surface area contributed by atoms with Crippen molar-refractivity contribution >= 4 is 17.6 Å². The summed E-state index contributed by atoms with van der Waals surface area (Å²) in [6.07, 6.45) is 2.40. The highest BCUT2D eigenvalue weighted by molar-refractivity contribution is 5.94. The van der Waals surface area contributed by atoms with Gasteiger partial charge in [0.25, 0.3) is 5.91 Å². The van der Waals surface area contributed by atoms with Gasteiger partial charge in [-0.15, -0.1) is 0 Å². The van der Waals surface area contributed by atoms with Gasteiger partial charge in [0.1, 0.15) is 5.75 Å². The molecule has 0 saturated carbocycles. The number of para-hydroxylation sites is 1. The molecule has 5 nitrogen and oxygen atoms in total. The first-order chi connectivity index (χ1) is 13.5. The van der Waals surface area contributed by atoms with Crippen LogP contribution in [0.1, 0.15) is 43.4 Å². The SMILES string of the molecule is CCc1cccc(CC)c1NC(=O)COC(=O)CCCOc1cccc(C)c1. The number of carbonyl (C=O) groups is 2. The fourth-order valence-electron chi connectivity index (χ4n) is 2.91. The summed E-state index contributed by atoms with van der Waals surface area (Å²) < 4.78 is 10.7. The van der Waals surface area contributed by atoms with Gasteiger partial charge in [-0.25, -0.2) is 0 Å². The van der Waals surface area contributed by atoms with Crippen molar-refractivity contribution in [2.45, 2.75) is 46.5 Å². The quantitative estimate of drug-likeness (QED) is 0.486. The van der Waals surface area contributed by atoms with Crippen molar-refractivity contribution in [2.75, 3.05) is 18.5 Å². The van der Waals surface area contributed by atoms with Crippen molar-refractivity contribution in [1.82, 2.24) is 0 Å². The summed E-state index contributed by atoms with van der Waals surface area (Å²) >= 11 is 0. The second-order valence-electron chi connectivity index (χ2n) is 6.64. The third kappa shape index (κ3) is 6.72. The number of benzene rings is 2. The maximum Gasteiger partial charge on any atom is 0.306 e. The van der Waals surface area contributed by atoms with Gasteiger partial charge in [-0.1, -0.05) is 44.2 Å². The van der Waals surface area contributed by atoms with Crippen molar-refractivity contribution in [3.63, 3.8) is 0 Å². The first-order valence-corrected chi connectivity index (χ1v) is 9.79. The minimum atomic E-state index is -0.400. The standard InChI is InChI=1S/C23H29NO4/c1-4-18-10-7-11-19(5-2)23(18)24-21(25)16-28-22(26)13-8-14-27-20-12-6-9-17(3)15-20/h6-7,9-12,15H,4-5,8,13-14,16H2,1-3H3,(H,24,25). The van der Waals surface area contributed by atoms with Crippen LogP contribution in [0.3, 0.4) is 0 Å². The fraction of sp³-hybridized carbons (Fsp3) is 0.391. The van der Waals surface area contributed by atoms with Gasteiger partial charge in [-0.05, 0) is 55.0 Å². The number of amides is 1. The van der Waals surface area contributed by atoms with E-state index in [4.69, 9.17) is 9.47 Å². The van der Waals surface area contributed by atoms with Crippen LogP contribution >= 0.6 is 0 Å². The molecule has 0 radical (unpaired) electrons. The van der Waals surface area contributed by atoms with Crippen LogP contribution in [0.25, 0.3) is 0 Å². The number of hydrogen-bond acceptors (Lipinski definition) is 4. The molecule has 1 N–H and O–H groups in total. The van der Waals surface area contributed by atoms with Crippen molar-refractivity contribution in [2.24, 2.45) is 0 Å². The molecule has 0 unspecified atom stereocenters. The summed E-state index contributed by atoms with van der Waals surface area (Å²) in [7, 11) is 0. The lowest BCUT2D eigenvalue weighted by Crippen LogP contribution is -2.22. The monoisotopic (exact) mass is 383 g/mol. The van der Waals surface area contributed by atoms with E-state index in [-0.39, 0.29) is 18.9 Å². The maximum absolute atomic E-state index is 12.2. The second-order valence-corrected chi connectivity index (χ2v) is 6.64. The van der Waals surface area contributed by atoms with E-state index < -0.39 is 5.97 Å². The molecule has 0 heterocycles. The molecule has 0 aliphatic carbocycles. The van der Waals surface area contributed by atoms with Gasteiger partial charge in [-0.2, -0.15) is 0 Å². The zero-order valence-electron chi connectivity index (χ0n) is 16.9. The number of ether oxygens (including phenoxy) is 2. The lowest BCUT2D eigenvalue weighted by molar-refractivity contribution is -0.147. The minimum Gasteiger partial charge on any atom is -0.494 e. The maximum atomic E-state index is 12.2. The Morgan fingerprint density at radius 3 is 2.32 bits per heavy atom. The Hall–Kier alpha value is -2.82. The van der Waals surface area contributed by atoms with E-state index in [0.717, 1.165) is 41.0 Å². The first kappa shape index (κ1) is 21.5. The van der Waals surface area contributed by atoms with Crippen LogP contribution in [0.15, 0.2) is 42.5 Å². The Balaban J connectivity index is 1.72. The highest BCUT2D eigenvalue weighted by atomic mass is 16.5. The molecule has 5 heteroatoms. The third-order valence-electron chi connectivity index (χ3n) is 4.41. The number of hydrogen-bond donors (Lipinski definition) is 1. The largest absolute Gasteiger partial charge is 0.494 e. The van der Waals surface area contributed by atoms with Crippen LogP contribution in [0, 0.1) is 6.92 Å². The Kier molecular flexibility index (Phi) is 8.53. The minimum absolute atomic E-state index is 0.213. The van der Waals surface area contributed by atoms with Crippen molar-refractivity contribution < 1.29 is 19.1 Å². The molecule has 0 aliphatic heterocycles. The summed E-state index contributed by atoms with van der Waals surface area (Å²) in [5.74, 6) is 0.0662. The summed E-state index contributed by atoms with van der Waals surface area (Å²) in [6.45, 7) is 6.23. The topological polar surface area (TPSA) is 64.6 Å². The highest BCUT2D eigenvalue weighted by Crippen LogP contribution is 2.22. The highest BCUT2D eigenvalue weighted by Gasteiger charge is 2.12. The van der Waals surface area contributed by atoms with Gasteiger partial charge in [0.15, 0.2) is 6.61 Å². The molecule has 0 saturated heterocycles. The van der Waals surface area contributed by atoms with Crippen LogP contribution in [0.2, 0.25) is 0 Å². The van der Waals surface area contributed by atoms with Crippen LogP contribution in [-0.4, -0.2) is 25.1 Å². The fourth-order valence-corrected chi connectivity index (χ4v) is 2.91. The van der Waals surface area contributed by atoms with Gasteiger partial charge in [0.2, 0.25) is 0 Å².